The van der Waals surface area contributed by atoms with Crippen LogP contribution in [-0.4, -0.2) is 36.3 Å². The number of nitrogens with zero attached hydrogens (tertiary/aromatic N) is 1. The normalized spacial score (nSPS) is 20.7. The minimum absolute atomic E-state index is 0.290. The second kappa shape index (κ2) is 6.67. The molecule has 5 heteroatoms. The molecule has 1 aliphatic carbocycles. The monoisotopic (exact) mass is 328 g/mol. The van der Waals surface area contributed by atoms with E-state index in [4.69, 9.17) is 14.2 Å². The van der Waals surface area contributed by atoms with E-state index in [2.05, 4.69) is 28.4 Å². The van der Waals surface area contributed by atoms with Crippen molar-refractivity contribution in [3.8, 4) is 11.3 Å². The molecule has 1 aliphatic heterocycles. The molecule has 1 N–H and O–H groups in total. The lowest BCUT2D eigenvalue weighted by atomic mass is 9.80. The highest BCUT2D eigenvalue weighted by Gasteiger charge is 2.40. The molecule has 128 valence electrons. The molecule has 0 radical (unpaired) electrons. The van der Waals surface area contributed by atoms with Crippen LogP contribution in [0.15, 0.2) is 30.5 Å². The van der Waals surface area contributed by atoms with Crippen molar-refractivity contribution < 1.29 is 14.2 Å². The van der Waals surface area contributed by atoms with Gasteiger partial charge in [-0.25, -0.2) is 0 Å². The van der Waals surface area contributed by atoms with E-state index in [0.717, 1.165) is 50.2 Å². The first kappa shape index (κ1) is 15.8. The lowest BCUT2D eigenvalue weighted by Crippen LogP contribution is -2.34. The number of ether oxygens (including phenoxy) is 3. The third-order valence-electron chi connectivity index (χ3n) is 5.25. The second-order valence-corrected chi connectivity index (χ2v) is 6.70. The van der Waals surface area contributed by atoms with Crippen LogP contribution in [-0.2, 0) is 20.8 Å². The summed E-state index contributed by atoms with van der Waals surface area (Å²) in [5.74, 6) is 0.275. The molecule has 5 nitrogen and oxygen atoms in total. The van der Waals surface area contributed by atoms with Crippen LogP contribution in [0.2, 0.25) is 0 Å². The van der Waals surface area contributed by atoms with Crippen molar-refractivity contribution in [2.24, 2.45) is 0 Å². The van der Waals surface area contributed by atoms with E-state index in [1.165, 1.54) is 11.1 Å². The Bertz CT molecular complexity index is 668. The molecule has 0 unspecified atom stereocenters. The van der Waals surface area contributed by atoms with Gasteiger partial charge in [0.15, 0.2) is 5.79 Å². The van der Waals surface area contributed by atoms with Crippen LogP contribution in [0.25, 0.3) is 11.3 Å². The molecule has 2 aliphatic rings. The number of H-pyrrole nitrogens is 1. The van der Waals surface area contributed by atoms with Gasteiger partial charge in [-0.2, -0.15) is 5.10 Å². The van der Waals surface area contributed by atoms with Gasteiger partial charge in [0.05, 0.1) is 25.5 Å². The minimum atomic E-state index is -0.290. The van der Waals surface area contributed by atoms with Crippen molar-refractivity contribution in [2.45, 2.75) is 44.0 Å². The number of methoxy groups -OCH3 is 1. The van der Waals surface area contributed by atoms with E-state index in [1.807, 2.05) is 6.07 Å². The number of aromatic nitrogens is 2. The standard InChI is InChI=1S/C19H24N2O3/c1-22-13-16-12-15(2-3-17(16)18-6-9-20-21-18)14-4-7-19(8-5-14)23-10-11-24-19/h2-3,6,9,12,14H,4-5,7-8,10-11,13H2,1H3,(H,20,21). The molecular weight excluding hydrogens is 304 g/mol. The Hall–Kier alpha value is -1.69. The molecule has 0 amide bonds. The largest absolute Gasteiger partial charge is 0.380 e. The average Bonchev–Trinajstić information content (AvgIpc) is 3.28. The molecule has 1 aromatic carbocycles. The van der Waals surface area contributed by atoms with Gasteiger partial charge in [-0.15, -0.1) is 0 Å². The van der Waals surface area contributed by atoms with E-state index < -0.39 is 0 Å². The third-order valence-corrected chi connectivity index (χ3v) is 5.25. The fourth-order valence-corrected chi connectivity index (χ4v) is 3.99. The maximum Gasteiger partial charge on any atom is 0.168 e. The van der Waals surface area contributed by atoms with Gasteiger partial charge in [-0.1, -0.05) is 18.2 Å². The van der Waals surface area contributed by atoms with Crippen molar-refractivity contribution >= 4 is 0 Å². The van der Waals surface area contributed by atoms with Crippen LogP contribution >= 0.6 is 0 Å². The van der Waals surface area contributed by atoms with Crippen molar-refractivity contribution in [3.63, 3.8) is 0 Å². The van der Waals surface area contributed by atoms with Gasteiger partial charge >= 0.3 is 0 Å². The van der Waals surface area contributed by atoms with Crippen molar-refractivity contribution in [2.75, 3.05) is 20.3 Å². The first-order chi connectivity index (χ1) is 11.8. The topological polar surface area (TPSA) is 56.4 Å². The summed E-state index contributed by atoms with van der Waals surface area (Å²) in [6.45, 7) is 2.08. The Morgan fingerprint density at radius 1 is 1.21 bits per heavy atom. The van der Waals surface area contributed by atoms with E-state index in [9.17, 15) is 0 Å². The highest BCUT2D eigenvalue weighted by molar-refractivity contribution is 5.64. The molecule has 4 rings (SSSR count). The quantitative estimate of drug-likeness (QED) is 0.931. The summed E-state index contributed by atoms with van der Waals surface area (Å²) >= 11 is 0. The molecule has 2 fully saturated rings. The highest BCUT2D eigenvalue weighted by atomic mass is 16.7. The van der Waals surface area contributed by atoms with Crippen LogP contribution in [0.1, 0.15) is 42.7 Å². The third kappa shape index (κ3) is 2.99. The number of hydrogen-bond acceptors (Lipinski definition) is 4. The van der Waals surface area contributed by atoms with Crippen molar-refractivity contribution in [1.29, 1.82) is 0 Å². The molecule has 1 saturated heterocycles. The van der Waals surface area contributed by atoms with Crippen LogP contribution in [0, 0.1) is 0 Å². The van der Waals surface area contributed by atoms with Gasteiger partial charge in [0.25, 0.3) is 0 Å². The van der Waals surface area contributed by atoms with Gasteiger partial charge < -0.3 is 14.2 Å². The predicted octanol–water partition coefficient (Wildman–Crippen LogP) is 3.62. The van der Waals surface area contributed by atoms with Crippen molar-refractivity contribution in [3.05, 3.63) is 41.6 Å². The molecule has 2 aromatic rings. The summed E-state index contributed by atoms with van der Waals surface area (Å²) in [6, 6.07) is 8.71. The van der Waals surface area contributed by atoms with Gasteiger partial charge in [0.1, 0.15) is 0 Å². The zero-order valence-corrected chi connectivity index (χ0v) is 14.1. The number of nitrogens with one attached hydrogen (secondary N) is 1. The van der Waals surface area contributed by atoms with E-state index in [-0.39, 0.29) is 5.79 Å². The lowest BCUT2D eigenvalue weighted by Gasteiger charge is -2.35. The Balaban J connectivity index is 1.54. The SMILES string of the molecule is COCc1cc(C2CCC3(CC2)OCCO3)ccc1-c1ccn[nH]1. The zero-order chi connectivity index (χ0) is 16.4. The molecule has 0 atom stereocenters. The van der Waals surface area contributed by atoms with Crippen LogP contribution in [0.4, 0.5) is 0 Å². The van der Waals surface area contributed by atoms with Gasteiger partial charge in [-0.05, 0) is 36.0 Å². The van der Waals surface area contributed by atoms with Crippen molar-refractivity contribution in [1.82, 2.24) is 10.2 Å². The molecule has 1 spiro atoms. The second-order valence-electron chi connectivity index (χ2n) is 6.70. The van der Waals surface area contributed by atoms with Crippen LogP contribution in [0.5, 0.6) is 0 Å². The molecule has 24 heavy (non-hydrogen) atoms. The fourth-order valence-electron chi connectivity index (χ4n) is 3.99. The Morgan fingerprint density at radius 2 is 2.00 bits per heavy atom. The van der Waals surface area contributed by atoms with E-state index >= 15 is 0 Å². The molecule has 0 bridgehead atoms. The van der Waals surface area contributed by atoms with Crippen LogP contribution in [0.3, 0.4) is 0 Å². The van der Waals surface area contributed by atoms with Gasteiger partial charge in [-0.3, -0.25) is 5.10 Å². The summed E-state index contributed by atoms with van der Waals surface area (Å²) in [4.78, 5) is 0. The van der Waals surface area contributed by atoms with E-state index in [1.54, 1.807) is 13.3 Å². The van der Waals surface area contributed by atoms with Gasteiger partial charge in [0.2, 0.25) is 0 Å². The number of benzene rings is 1. The average molecular weight is 328 g/mol. The first-order valence-electron chi connectivity index (χ1n) is 8.69. The minimum Gasteiger partial charge on any atom is -0.380 e. The van der Waals surface area contributed by atoms with Crippen LogP contribution < -0.4 is 0 Å². The van der Waals surface area contributed by atoms with E-state index in [0.29, 0.717) is 12.5 Å². The number of rotatable bonds is 4. The molecule has 1 saturated carbocycles. The summed E-state index contributed by atoms with van der Waals surface area (Å²) < 4.78 is 17.1. The Kier molecular flexibility index (Phi) is 4.39. The summed E-state index contributed by atoms with van der Waals surface area (Å²) in [7, 11) is 1.74. The lowest BCUT2D eigenvalue weighted by molar-refractivity contribution is -0.178. The zero-order valence-electron chi connectivity index (χ0n) is 14.1. The Morgan fingerprint density at radius 3 is 2.67 bits per heavy atom. The summed E-state index contributed by atoms with van der Waals surface area (Å²) in [5.41, 5.74) is 4.78. The molecule has 2 heterocycles. The predicted molar refractivity (Wildman–Crippen MR) is 90.6 cm³/mol. The van der Waals surface area contributed by atoms with Gasteiger partial charge in [0, 0.05) is 31.7 Å². The number of aromatic amines is 1. The maximum absolute atomic E-state index is 5.84. The summed E-state index contributed by atoms with van der Waals surface area (Å²) in [6.07, 6.45) is 5.97. The summed E-state index contributed by atoms with van der Waals surface area (Å²) in [5, 5.41) is 7.10. The highest BCUT2D eigenvalue weighted by Crippen LogP contribution is 2.43. The Labute approximate surface area is 142 Å². The smallest absolute Gasteiger partial charge is 0.168 e. The number of hydrogen-bond donors (Lipinski definition) is 1. The maximum atomic E-state index is 5.84. The first-order valence-corrected chi connectivity index (χ1v) is 8.69. The molecular formula is C19H24N2O3. The molecule has 1 aromatic heterocycles. The fraction of sp³-hybridized carbons (Fsp3) is 0.526.